The topological polar surface area (TPSA) is 83.9 Å². The number of nitrogens with zero attached hydrogens (tertiary/aromatic N) is 2. The summed E-state index contributed by atoms with van der Waals surface area (Å²) in [4.78, 5) is 0.171. The lowest BCUT2D eigenvalue weighted by Gasteiger charge is -2.25. The van der Waals surface area contributed by atoms with Crippen LogP contribution >= 0.6 is 0 Å². The predicted molar refractivity (Wildman–Crippen MR) is 97.8 cm³/mol. The van der Waals surface area contributed by atoms with Crippen molar-refractivity contribution in [2.24, 2.45) is 3.77 Å². The van der Waals surface area contributed by atoms with Crippen LogP contribution in [0.4, 0.5) is 0 Å². The van der Waals surface area contributed by atoms with Crippen molar-refractivity contribution in [3.63, 3.8) is 0 Å². The standard InChI is InChI=1S/C16H16N2O4S3/c19-24(20,15-9-3-1-4-10-15)17-23-14-8-7-13-18(23)25(21,22)16-11-5-2-6-12-16/h1-12H,13-14H2/t23-/m0/s1. The highest BCUT2D eigenvalue weighted by Crippen LogP contribution is 2.23. The minimum absolute atomic E-state index is 0.0501. The molecule has 6 nitrogen and oxygen atoms in total. The molecule has 1 aliphatic rings. The first-order valence-electron chi connectivity index (χ1n) is 7.38. The van der Waals surface area contributed by atoms with Crippen molar-refractivity contribution < 1.29 is 16.8 Å². The van der Waals surface area contributed by atoms with Crippen LogP contribution in [0.5, 0.6) is 0 Å². The summed E-state index contributed by atoms with van der Waals surface area (Å²) >= 11 is 0. The van der Waals surface area contributed by atoms with Crippen molar-refractivity contribution in [1.82, 2.24) is 3.71 Å². The van der Waals surface area contributed by atoms with Gasteiger partial charge in [-0.1, -0.05) is 48.6 Å². The van der Waals surface area contributed by atoms with Crippen molar-refractivity contribution in [2.75, 3.05) is 12.3 Å². The van der Waals surface area contributed by atoms with E-state index in [1.165, 1.54) is 24.3 Å². The van der Waals surface area contributed by atoms with Crippen LogP contribution in [0.15, 0.2) is 86.4 Å². The first-order chi connectivity index (χ1) is 11.9. The third-order valence-electron chi connectivity index (χ3n) is 3.44. The van der Waals surface area contributed by atoms with Gasteiger partial charge >= 0.3 is 0 Å². The Bertz CT molecular complexity index is 1020. The minimum atomic E-state index is -3.94. The number of rotatable bonds is 4. The highest BCUT2D eigenvalue weighted by Gasteiger charge is 2.30. The van der Waals surface area contributed by atoms with E-state index in [1.807, 2.05) is 0 Å². The molecule has 0 saturated heterocycles. The van der Waals surface area contributed by atoms with Gasteiger partial charge in [0.1, 0.15) is 0 Å². The Kier molecular flexibility index (Phi) is 5.19. The van der Waals surface area contributed by atoms with Gasteiger partial charge in [-0.25, -0.2) is 8.42 Å². The summed E-state index contributed by atoms with van der Waals surface area (Å²) in [6.07, 6.45) is 3.46. The van der Waals surface area contributed by atoms with Crippen LogP contribution < -0.4 is 0 Å². The minimum Gasteiger partial charge on any atom is -0.206 e. The molecule has 0 unspecified atom stereocenters. The Morgan fingerprint density at radius 2 is 1.36 bits per heavy atom. The Morgan fingerprint density at radius 1 is 0.800 bits per heavy atom. The van der Waals surface area contributed by atoms with Gasteiger partial charge in [0, 0.05) is 23.2 Å². The maximum atomic E-state index is 12.9. The van der Waals surface area contributed by atoms with Gasteiger partial charge in [0.15, 0.2) is 0 Å². The summed E-state index contributed by atoms with van der Waals surface area (Å²) in [7, 11) is -9.09. The summed E-state index contributed by atoms with van der Waals surface area (Å²) < 4.78 is 55.8. The Morgan fingerprint density at radius 3 is 1.96 bits per heavy atom. The number of hydrogen-bond acceptors (Lipinski definition) is 4. The van der Waals surface area contributed by atoms with E-state index in [0.717, 1.165) is 3.71 Å². The molecular formula is C16H16N2O4S3. The van der Waals surface area contributed by atoms with Crippen LogP contribution in [0, 0.1) is 0 Å². The third kappa shape index (κ3) is 3.90. The van der Waals surface area contributed by atoms with E-state index in [4.69, 9.17) is 0 Å². The zero-order valence-electron chi connectivity index (χ0n) is 13.1. The monoisotopic (exact) mass is 396 g/mol. The van der Waals surface area contributed by atoms with Gasteiger partial charge in [0.2, 0.25) is 0 Å². The molecule has 2 aromatic rings. The first-order valence-corrected chi connectivity index (χ1v) is 11.6. The van der Waals surface area contributed by atoms with E-state index in [2.05, 4.69) is 3.77 Å². The van der Waals surface area contributed by atoms with E-state index in [-0.39, 0.29) is 22.1 Å². The number of hydrogen-bond donors (Lipinski definition) is 0. The van der Waals surface area contributed by atoms with Gasteiger partial charge in [-0.05, 0) is 24.3 Å². The Hall–Kier alpha value is -1.81. The molecule has 25 heavy (non-hydrogen) atoms. The highest BCUT2D eigenvalue weighted by atomic mass is 32.3. The first kappa shape index (κ1) is 18.0. The summed E-state index contributed by atoms with van der Waals surface area (Å²) in [6, 6.07) is 15.7. The van der Waals surface area contributed by atoms with Crippen LogP contribution in [0.2, 0.25) is 0 Å². The molecule has 0 spiro atoms. The summed E-state index contributed by atoms with van der Waals surface area (Å²) in [5.41, 5.74) is 0. The summed E-state index contributed by atoms with van der Waals surface area (Å²) in [5.74, 6) is 0.234. The SMILES string of the molecule is O=S(=O)(N=[S@@]1CC=CCN1S(=O)(=O)c1ccccc1)c1ccccc1. The maximum absolute atomic E-state index is 12.9. The average molecular weight is 397 g/mol. The molecule has 1 aliphatic heterocycles. The fraction of sp³-hybridized carbons (Fsp3) is 0.125. The highest BCUT2D eigenvalue weighted by molar-refractivity contribution is 8.06. The van der Waals surface area contributed by atoms with Gasteiger partial charge in [-0.15, -0.1) is 7.48 Å². The Labute approximate surface area is 150 Å². The molecule has 0 saturated carbocycles. The molecular weight excluding hydrogens is 380 g/mol. The van der Waals surface area contributed by atoms with E-state index >= 15 is 0 Å². The number of sulfonamides is 2. The zero-order valence-corrected chi connectivity index (χ0v) is 15.5. The van der Waals surface area contributed by atoms with Gasteiger partial charge in [-0.2, -0.15) is 8.42 Å². The van der Waals surface area contributed by atoms with Gasteiger partial charge in [0.05, 0.1) is 9.79 Å². The van der Waals surface area contributed by atoms with Crippen LogP contribution in [0.3, 0.4) is 0 Å². The van der Waals surface area contributed by atoms with Crippen molar-refractivity contribution in [3.8, 4) is 0 Å². The lowest BCUT2D eigenvalue weighted by molar-refractivity contribution is 0.553. The van der Waals surface area contributed by atoms with E-state index < -0.39 is 30.9 Å². The molecule has 2 aromatic carbocycles. The fourth-order valence-electron chi connectivity index (χ4n) is 2.22. The van der Waals surface area contributed by atoms with Crippen molar-refractivity contribution in [2.45, 2.75) is 9.79 Å². The largest absolute Gasteiger partial charge is 0.289 e. The smallest absolute Gasteiger partial charge is 0.206 e. The normalized spacial score (nSPS) is 19.1. The fourth-order valence-corrected chi connectivity index (χ4v) is 7.86. The van der Waals surface area contributed by atoms with Crippen LogP contribution in [0.1, 0.15) is 0 Å². The van der Waals surface area contributed by atoms with Crippen molar-refractivity contribution in [3.05, 3.63) is 72.8 Å². The Balaban J connectivity index is 2.05. The van der Waals surface area contributed by atoms with Gasteiger partial charge in [-0.3, -0.25) is 0 Å². The van der Waals surface area contributed by atoms with E-state index in [1.54, 1.807) is 48.6 Å². The molecule has 1 heterocycles. The van der Waals surface area contributed by atoms with Crippen molar-refractivity contribution >= 4 is 30.9 Å². The third-order valence-corrected chi connectivity index (χ3v) is 9.54. The lowest BCUT2D eigenvalue weighted by atomic mass is 10.4. The molecule has 0 aliphatic carbocycles. The second kappa shape index (κ2) is 7.20. The zero-order chi connectivity index (χ0) is 17.9. The summed E-state index contributed by atoms with van der Waals surface area (Å²) in [6.45, 7) is 0.0914. The molecule has 0 N–H and O–H groups in total. The second-order valence-corrected chi connectivity index (χ2v) is 10.7. The quantitative estimate of drug-likeness (QED) is 0.743. The molecule has 0 bridgehead atoms. The van der Waals surface area contributed by atoms with Gasteiger partial charge in [0.25, 0.3) is 20.0 Å². The molecule has 0 radical (unpaired) electrons. The summed E-state index contributed by atoms with van der Waals surface area (Å²) in [5, 5.41) is 0. The molecule has 1 atom stereocenters. The average Bonchev–Trinajstić information content (AvgIpc) is 2.63. The molecule has 0 fully saturated rings. The predicted octanol–water partition coefficient (Wildman–Crippen LogP) is 2.35. The van der Waals surface area contributed by atoms with Crippen LogP contribution in [-0.2, 0) is 30.9 Å². The molecule has 132 valence electrons. The maximum Gasteiger partial charge on any atom is 0.289 e. The van der Waals surface area contributed by atoms with Crippen LogP contribution in [-0.4, -0.2) is 32.8 Å². The second-order valence-electron chi connectivity index (χ2n) is 5.14. The lowest BCUT2D eigenvalue weighted by Crippen LogP contribution is -2.36. The molecule has 0 amide bonds. The van der Waals surface area contributed by atoms with Crippen LogP contribution in [0.25, 0.3) is 0 Å². The van der Waals surface area contributed by atoms with E-state index in [9.17, 15) is 16.8 Å². The van der Waals surface area contributed by atoms with Crippen molar-refractivity contribution in [1.29, 1.82) is 0 Å². The molecule has 9 heteroatoms. The van der Waals surface area contributed by atoms with E-state index in [0.29, 0.717) is 0 Å². The molecule has 0 aromatic heterocycles. The number of benzene rings is 2. The molecule has 3 rings (SSSR count). The van der Waals surface area contributed by atoms with Gasteiger partial charge < -0.3 is 0 Å².